The van der Waals surface area contributed by atoms with Crippen molar-refractivity contribution in [2.45, 2.75) is 64.8 Å². The Morgan fingerprint density at radius 2 is 1.82 bits per heavy atom. The van der Waals surface area contributed by atoms with Crippen molar-refractivity contribution in [2.75, 3.05) is 26.5 Å². The van der Waals surface area contributed by atoms with E-state index < -0.39 is 31.2 Å². The second-order valence-corrected chi connectivity index (χ2v) is 10.9. The van der Waals surface area contributed by atoms with E-state index in [0.717, 1.165) is 11.1 Å². The maximum Gasteiger partial charge on any atom is 0.224 e. The lowest BCUT2D eigenvalue weighted by molar-refractivity contribution is -0.137. The summed E-state index contributed by atoms with van der Waals surface area (Å²) in [5, 5.41) is 12.6. The predicted molar refractivity (Wildman–Crippen MR) is 151 cm³/mol. The van der Waals surface area contributed by atoms with Crippen LogP contribution in [0.25, 0.3) is 0 Å². The average molecular weight is 556 g/mol. The van der Waals surface area contributed by atoms with Gasteiger partial charge in [0.1, 0.15) is 18.1 Å². The van der Waals surface area contributed by atoms with Gasteiger partial charge in [-0.05, 0) is 73.4 Å². The van der Waals surface area contributed by atoms with E-state index in [4.69, 9.17) is 9.47 Å². The number of aryl methyl sites for hydroxylation is 1. The van der Waals surface area contributed by atoms with Crippen molar-refractivity contribution < 1.29 is 33.4 Å². The summed E-state index contributed by atoms with van der Waals surface area (Å²) in [4.78, 5) is 39.9. The highest BCUT2D eigenvalue weighted by Gasteiger charge is 2.35. The zero-order valence-electron chi connectivity index (χ0n) is 23.6. The number of halogens is 1. The Bertz CT molecular complexity index is 1090. The number of aliphatic hydroxyl groups is 1. The molecule has 0 aromatic heterocycles. The maximum atomic E-state index is 13.7. The predicted octanol–water partition coefficient (Wildman–Crippen LogP) is 4.67. The molecule has 2 aromatic rings. The number of benzene rings is 2. The van der Waals surface area contributed by atoms with E-state index in [9.17, 15) is 23.9 Å². The van der Waals surface area contributed by atoms with Gasteiger partial charge in [-0.25, -0.2) is 0 Å². The van der Waals surface area contributed by atoms with Crippen LogP contribution in [0, 0.1) is 17.8 Å². The molecule has 0 saturated heterocycles. The fourth-order valence-corrected chi connectivity index (χ4v) is 5.08. The van der Waals surface area contributed by atoms with E-state index in [0.29, 0.717) is 63.2 Å². The van der Waals surface area contributed by atoms with Crippen LogP contribution in [0.4, 0.5) is 4.39 Å². The highest BCUT2D eigenvalue weighted by Crippen LogP contribution is 2.27. The molecule has 7 nitrogen and oxygen atoms in total. The number of ketones is 2. The maximum absolute atomic E-state index is 13.7. The molecule has 1 amide bonds. The highest BCUT2D eigenvalue weighted by atomic mass is 19.1. The zero-order chi connectivity index (χ0) is 28.9. The summed E-state index contributed by atoms with van der Waals surface area (Å²) < 4.78 is 23.6. The van der Waals surface area contributed by atoms with Gasteiger partial charge in [0.2, 0.25) is 5.91 Å². The van der Waals surface area contributed by atoms with E-state index in [-0.39, 0.29) is 29.8 Å². The third kappa shape index (κ3) is 9.73. The molecular weight excluding hydrogens is 513 g/mol. The smallest absolute Gasteiger partial charge is 0.224 e. The lowest BCUT2D eigenvalue weighted by Gasteiger charge is -2.29. The Kier molecular flexibility index (Phi) is 12.6. The Balaban J connectivity index is 1.79. The number of carbonyl (C=O) groups excluding carboxylic acids is 3. The van der Waals surface area contributed by atoms with Crippen molar-refractivity contribution in [3.63, 3.8) is 0 Å². The summed E-state index contributed by atoms with van der Waals surface area (Å²) in [6.07, 6.45) is 2.81. The number of alkyl halides is 1. The minimum Gasteiger partial charge on any atom is -0.494 e. The Morgan fingerprint density at radius 3 is 2.48 bits per heavy atom. The van der Waals surface area contributed by atoms with Crippen LogP contribution in [0.5, 0.6) is 11.5 Å². The third-order valence-corrected chi connectivity index (χ3v) is 7.24. The van der Waals surface area contributed by atoms with E-state index in [1.54, 1.807) is 12.1 Å². The number of Topliss-reactive ketones (excluding diaryl/α,β-unsaturated/α-hetero) is 2. The Labute approximate surface area is 236 Å². The molecule has 0 saturated carbocycles. The third-order valence-electron chi connectivity index (χ3n) is 7.24. The van der Waals surface area contributed by atoms with Crippen LogP contribution in [0.3, 0.4) is 0 Å². The molecule has 2 aliphatic rings. The fourth-order valence-electron chi connectivity index (χ4n) is 5.08. The first kappa shape index (κ1) is 31.3. The molecule has 0 radical (unpaired) electrons. The summed E-state index contributed by atoms with van der Waals surface area (Å²) in [6, 6.07) is 14.1. The largest absolute Gasteiger partial charge is 0.494 e. The molecule has 2 bridgehead atoms. The molecule has 0 unspecified atom stereocenters. The minimum atomic E-state index is -0.759. The summed E-state index contributed by atoms with van der Waals surface area (Å²) >= 11 is 0. The number of fused-ring (bicyclic) bond motifs is 11. The number of rotatable bonds is 12. The van der Waals surface area contributed by atoms with Crippen molar-refractivity contribution in [1.29, 1.82) is 0 Å². The van der Waals surface area contributed by atoms with E-state index in [1.807, 2.05) is 50.2 Å². The number of carbonyl (C=O) groups is 3. The van der Waals surface area contributed by atoms with Crippen LogP contribution in [0.2, 0.25) is 0 Å². The quantitative estimate of drug-likeness (QED) is 0.369. The van der Waals surface area contributed by atoms with Crippen molar-refractivity contribution >= 4 is 17.5 Å². The van der Waals surface area contributed by atoms with E-state index in [2.05, 4.69) is 5.32 Å². The Morgan fingerprint density at radius 1 is 1.10 bits per heavy atom. The lowest BCUT2D eigenvalue weighted by Crippen LogP contribution is -2.48. The van der Waals surface area contributed by atoms with Crippen molar-refractivity contribution in [3.05, 3.63) is 59.7 Å². The first-order valence-corrected chi connectivity index (χ1v) is 14.3. The summed E-state index contributed by atoms with van der Waals surface area (Å²) in [6.45, 7) is 3.64. The second kappa shape index (κ2) is 16.1. The number of hydrogen-bond acceptors (Lipinski definition) is 6. The first-order chi connectivity index (χ1) is 19.3. The van der Waals surface area contributed by atoms with E-state index >= 15 is 0 Å². The van der Waals surface area contributed by atoms with Crippen molar-refractivity contribution in [2.24, 2.45) is 17.8 Å². The van der Waals surface area contributed by atoms with Crippen LogP contribution in [-0.2, 0) is 27.2 Å². The topological polar surface area (TPSA) is 102 Å². The van der Waals surface area contributed by atoms with Gasteiger partial charge in [-0.15, -0.1) is 0 Å². The van der Waals surface area contributed by atoms with Crippen LogP contribution >= 0.6 is 0 Å². The van der Waals surface area contributed by atoms with Gasteiger partial charge >= 0.3 is 0 Å². The van der Waals surface area contributed by atoms with Crippen LogP contribution in [-0.4, -0.2) is 55.1 Å². The number of nitrogens with one attached hydrogen (secondary N) is 1. The lowest BCUT2D eigenvalue weighted by atomic mass is 9.79. The summed E-state index contributed by atoms with van der Waals surface area (Å²) in [7, 11) is 0. The molecule has 40 heavy (non-hydrogen) atoms. The van der Waals surface area contributed by atoms with Gasteiger partial charge in [-0.2, -0.15) is 0 Å². The molecule has 8 heteroatoms. The van der Waals surface area contributed by atoms with Crippen LogP contribution in [0.1, 0.15) is 57.1 Å². The number of ether oxygens (including phenoxy) is 2. The minimum absolute atomic E-state index is 0.0997. The standard InChI is InChI=1S/C32H42FNO6/c1-22(2)19-28-27(31(37)21-35)5-3-17-39-26-13-8-24(9-14-26)20-29(34-32(28)38)30(36)15-10-23-6-11-25(12-7-23)40-18-4-16-33/h6-9,11-14,22,27-29,35H,3-5,10,15-21H2,1-2H3,(H,34,38)/t27-,28+,29-/m0/s1. The first-order valence-electron chi connectivity index (χ1n) is 14.3. The van der Waals surface area contributed by atoms with Gasteiger partial charge in [0.15, 0.2) is 11.6 Å². The number of amides is 1. The van der Waals surface area contributed by atoms with Crippen molar-refractivity contribution in [1.82, 2.24) is 5.32 Å². The molecule has 218 valence electrons. The Hall–Kier alpha value is -3.26. The molecule has 2 aliphatic heterocycles. The van der Waals surface area contributed by atoms with Gasteiger partial charge < -0.3 is 19.9 Å². The van der Waals surface area contributed by atoms with Gasteiger partial charge in [0.25, 0.3) is 0 Å². The molecular formula is C32H42FNO6. The molecule has 0 spiro atoms. The zero-order valence-corrected chi connectivity index (χ0v) is 23.6. The van der Waals surface area contributed by atoms with Gasteiger partial charge in [0, 0.05) is 24.7 Å². The summed E-state index contributed by atoms with van der Waals surface area (Å²) in [5.74, 6) is -0.599. The summed E-state index contributed by atoms with van der Waals surface area (Å²) in [5.41, 5.74) is 1.84. The molecule has 2 heterocycles. The average Bonchev–Trinajstić information content (AvgIpc) is 2.95. The van der Waals surface area contributed by atoms with E-state index in [1.165, 1.54) is 0 Å². The molecule has 4 rings (SSSR count). The van der Waals surface area contributed by atoms with Crippen LogP contribution < -0.4 is 14.8 Å². The monoisotopic (exact) mass is 555 g/mol. The van der Waals surface area contributed by atoms with Crippen molar-refractivity contribution in [3.8, 4) is 11.5 Å². The van der Waals surface area contributed by atoms with Gasteiger partial charge in [-0.1, -0.05) is 38.1 Å². The molecule has 0 aliphatic carbocycles. The fraction of sp³-hybridized carbons (Fsp3) is 0.531. The molecule has 2 aromatic carbocycles. The normalized spacial score (nSPS) is 19.9. The van der Waals surface area contributed by atoms with Gasteiger partial charge in [0.05, 0.1) is 25.9 Å². The van der Waals surface area contributed by atoms with Crippen LogP contribution in [0.15, 0.2) is 48.5 Å². The SMILES string of the molecule is CC(C)C[C@H]1C(=O)N[C@H](C(=O)CCc2ccc(OCCCF)cc2)Cc2ccc(cc2)OCCC[C@@H]1C(=O)CO. The number of aliphatic hydroxyl groups excluding tert-OH is 1. The van der Waals surface area contributed by atoms with Gasteiger partial charge in [-0.3, -0.25) is 18.8 Å². The second-order valence-electron chi connectivity index (χ2n) is 10.9. The molecule has 3 atom stereocenters. The molecule has 0 fully saturated rings. The number of hydrogen-bond donors (Lipinski definition) is 2. The highest BCUT2D eigenvalue weighted by molar-refractivity contribution is 5.93. The molecule has 2 N–H and O–H groups in total.